The van der Waals surface area contributed by atoms with Gasteiger partial charge in [-0.25, -0.2) is 0 Å². The van der Waals surface area contributed by atoms with Crippen LogP contribution in [0.4, 0.5) is 5.69 Å². The van der Waals surface area contributed by atoms with Gasteiger partial charge in [0.1, 0.15) is 0 Å². The molecule has 0 aliphatic heterocycles. The summed E-state index contributed by atoms with van der Waals surface area (Å²) in [4.78, 5) is 22.9. The number of hydrogen-bond donors (Lipinski definition) is 0. The highest BCUT2D eigenvalue weighted by atomic mass is 16.6. The maximum Gasteiger partial charge on any atom is 0.313 e. The Morgan fingerprint density at radius 2 is 2.00 bits per heavy atom. The van der Waals surface area contributed by atoms with E-state index < -0.39 is 4.92 Å². The van der Waals surface area contributed by atoms with Crippen LogP contribution in [0.1, 0.15) is 33.5 Å². The van der Waals surface area contributed by atoms with Crippen LogP contribution in [0.25, 0.3) is 0 Å². The van der Waals surface area contributed by atoms with Crippen molar-refractivity contribution in [3.63, 3.8) is 0 Å². The fraction of sp³-hybridized carbons (Fsp3) is 0.278. The summed E-state index contributed by atoms with van der Waals surface area (Å²) in [7, 11) is 0. The summed E-state index contributed by atoms with van der Waals surface area (Å²) in [5.41, 5.74) is 3.54. The Hall–Kier alpha value is -2.69. The first-order valence-corrected chi connectivity index (χ1v) is 7.58. The molecule has 5 nitrogen and oxygen atoms in total. The number of hydrogen-bond acceptors (Lipinski definition) is 4. The van der Waals surface area contributed by atoms with Crippen molar-refractivity contribution in [2.24, 2.45) is 0 Å². The van der Waals surface area contributed by atoms with Crippen LogP contribution in [-0.4, -0.2) is 17.3 Å². The van der Waals surface area contributed by atoms with Crippen molar-refractivity contribution in [3.8, 4) is 5.75 Å². The quantitative estimate of drug-likeness (QED) is 0.480. The lowest BCUT2D eigenvalue weighted by Crippen LogP contribution is -2.13. The Kier molecular flexibility index (Phi) is 4.10. The molecular weight excluding hydrogens is 294 g/mol. The van der Waals surface area contributed by atoms with E-state index in [4.69, 9.17) is 4.74 Å². The minimum atomic E-state index is -0.482. The molecule has 0 heterocycles. The van der Waals surface area contributed by atoms with Crippen molar-refractivity contribution in [3.05, 3.63) is 68.8 Å². The zero-order chi connectivity index (χ0) is 16.4. The second-order valence-corrected chi connectivity index (χ2v) is 5.73. The molecule has 0 amide bonds. The Balaban J connectivity index is 1.75. The lowest BCUT2D eigenvalue weighted by Gasteiger charge is -2.08. The number of rotatable bonds is 5. The first kappa shape index (κ1) is 15.2. The summed E-state index contributed by atoms with van der Waals surface area (Å²) >= 11 is 0. The number of ketones is 1. The number of para-hydroxylation sites is 1. The predicted molar refractivity (Wildman–Crippen MR) is 86.1 cm³/mol. The molecule has 0 saturated carbocycles. The van der Waals surface area contributed by atoms with E-state index in [1.54, 1.807) is 25.1 Å². The van der Waals surface area contributed by atoms with Gasteiger partial charge in [-0.3, -0.25) is 14.9 Å². The van der Waals surface area contributed by atoms with Crippen LogP contribution in [0, 0.1) is 17.0 Å². The van der Waals surface area contributed by atoms with Gasteiger partial charge in [0.05, 0.1) is 4.92 Å². The normalized spacial score (nSPS) is 12.7. The van der Waals surface area contributed by atoms with Crippen LogP contribution in [0.2, 0.25) is 0 Å². The topological polar surface area (TPSA) is 69.4 Å². The van der Waals surface area contributed by atoms with Gasteiger partial charge in [0.25, 0.3) is 0 Å². The molecule has 2 aromatic carbocycles. The molecule has 0 saturated heterocycles. The Bertz CT molecular complexity index is 783. The van der Waals surface area contributed by atoms with Gasteiger partial charge in [-0.2, -0.15) is 0 Å². The summed E-state index contributed by atoms with van der Waals surface area (Å²) in [5, 5.41) is 11.1. The van der Waals surface area contributed by atoms with Gasteiger partial charge in [0.15, 0.2) is 18.1 Å². The predicted octanol–water partition coefficient (Wildman–Crippen LogP) is 3.65. The molecule has 0 atom stereocenters. The molecule has 0 aromatic heterocycles. The third-order valence-corrected chi connectivity index (χ3v) is 4.16. The molecule has 1 aliphatic carbocycles. The van der Waals surface area contributed by atoms with E-state index in [0.29, 0.717) is 11.1 Å². The van der Waals surface area contributed by atoms with E-state index in [1.165, 1.54) is 17.2 Å². The van der Waals surface area contributed by atoms with E-state index >= 15 is 0 Å². The number of nitro benzene ring substituents is 1. The van der Waals surface area contributed by atoms with Crippen LogP contribution in [-0.2, 0) is 12.8 Å². The molecule has 2 aromatic rings. The number of nitrogens with zero attached hydrogens (tertiary/aromatic N) is 1. The minimum absolute atomic E-state index is 0.0887. The maximum absolute atomic E-state index is 12.3. The van der Waals surface area contributed by atoms with E-state index in [2.05, 4.69) is 0 Å². The number of Topliss-reactive ketones (excluding diaryl/α,β-unsaturated/α-hetero) is 1. The van der Waals surface area contributed by atoms with Crippen LogP contribution >= 0.6 is 0 Å². The van der Waals surface area contributed by atoms with Crippen LogP contribution < -0.4 is 4.74 Å². The van der Waals surface area contributed by atoms with E-state index in [0.717, 1.165) is 19.3 Å². The fourth-order valence-electron chi connectivity index (χ4n) is 2.95. The molecule has 0 bridgehead atoms. The standard InChI is InChI=1S/C18H17NO4/c1-12-4-2-7-17(18(12)19(21)22)23-11-16(20)15-9-8-13-5-3-6-14(13)10-15/h2,4,7-10H,3,5-6,11H2,1H3. The average Bonchev–Trinajstić information content (AvgIpc) is 2.99. The number of fused-ring (bicyclic) bond motifs is 1. The van der Waals surface area contributed by atoms with E-state index in [9.17, 15) is 14.9 Å². The molecule has 118 valence electrons. The molecule has 5 heteroatoms. The highest BCUT2D eigenvalue weighted by Gasteiger charge is 2.20. The molecule has 3 rings (SSSR count). The van der Waals surface area contributed by atoms with Gasteiger partial charge in [0.2, 0.25) is 0 Å². The summed E-state index contributed by atoms with van der Waals surface area (Å²) in [5.74, 6) is -0.0417. The SMILES string of the molecule is Cc1cccc(OCC(=O)c2ccc3c(c2)CCC3)c1[N+](=O)[O-]. The van der Waals surface area contributed by atoms with Crippen molar-refractivity contribution >= 4 is 11.5 Å². The highest BCUT2D eigenvalue weighted by Crippen LogP contribution is 2.30. The number of aryl methyl sites for hydroxylation is 3. The lowest BCUT2D eigenvalue weighted by molar-refractivity contribution is -0.386. The van der Waals surface area contributed by atoms with Crippen molar-refractivity contribution in [1.82, 2.24) is 0 Å². The van der Waals surface area contributed by atoms with Crippen molar-refractivity contribution in [2.45, 2.75) is 26.2 Å². The molecule has 0 spiro atoms. The minimum Gasteiger partial charge on any atom is -0.478 e. The van der Waals surface area contributed by atoms with E-state index in [1.807, 2.05) is 12.1 Å². The maximum atomic E-state index is 12.3. The molecule has 23 heavy (non-hydrogen) atoms. The van der Waals surface area contributed by atoms with Crippen molar-refractivity contribution in [2.75, 3.05) is 6.61 Å². The number of benzene rings is 2. The Morgan fingerprint density at radius 1 is 1.22 bits per heavy atom. The van der Waals surface area contributed by atoms with Gasteiger partial charge >= 0.3 is 5.69 Å². The van der Waals surface area contributed by atoms with Gasteiger partial charge in [-0.1, -0.05) is 24.3 Å². The first-order chi connectivity index (χ1) is 11.1. The number of carbonyl (C=O) groups is 1. The highest BCUT2D eigenvalue weighted by molar-refractivity contribution is 5.97. The van der Waals surface area contributed by atoms with Gasteiger partial charge in [0, 0.05) is 11.1 Å². The third kappa shape index (κ3) is 3.08. The smallest absolute Gasteiger partial charge is 0.313 e. The Labute approximate surface area is 134 Å². The van der Waals surface area contributed by atoms with E-state index in [-0.39, 0.29) is 23.8 Å². The molecule has 0 fully saturated rings. The summed E-state index contributed by atoms with van der Waals surface area (Å²) in [6.07, 6.45) is 3.19. The number of ether oxygens (including phenoxy) is 1. The van der Waals surface area contributed by atoms with Crippen molar-refractivity contribution < 1.29 is 14.5 Å². The zero-order valence-corrected chi connectivity index (χ0v) is 12.9. The second-order valence-electron chi connectivity index (χ2n) is 5.73. The monoisotopic (exact) mass is 311 g/mol. The lowest BCUT2D eigenvalue weighted by atomic mass is 10.0. The Morgan fingerprint density at radius 3 is 2.78 bits per heavy atom. The zero-order valence-electron chi connectivity index (χ0n) is 12.9. The van der Waals surface area contributed by atoms with Crippen molar-refractivity contribution in [1.29, 1.82) is 0 Å². The van der Waals surface area contributed by atoms with Gasteiger partial charge in [-0.05, 0) is 49.4 Å². The largest absolute Gasteiger partial charge is 0.478 e. The third-order valence-electron chi connectivity index (χ3n) is 4.16. The summed E-state index contributed by atoms with van der Waals surface area (Å²) < 4.78 is 5.42. The fourth-order valence-corrected chi connectivity index (χ4v) is 2.95. The second kappa shape index (κ2) is 6.20. The molecular formula is C18H17NO4. The molecule has 1 aliphatic rings. The number of carbonyl (C=O) groups excluding carboxylic acids is 1. The van der Waals surface area contributed by atoms with Crippen LogP contribution in [0.3, 0.4) is 0 Å². The summed E-state index contributed by atoms with van der Waals surface area (Å²) in [6, 6.07) is 10.6. The average molecular weight is 311 g/mol. The van der Waals surface area contributed by atoms with Gasteiger partial charge < -0.3 is 4.74 Å². The van der Waals surface area contributed by atoms with Gasteiger partial charge in [-0.15, -0.1) is 0 Å². The number of nitro groups is 1. The molecule has 0 radical (unpaired) electrons. The summed E-state index contributed by atoms with van der Waals surface area (Å²) in [6.45, 7) is 1.44. The first-order valence-electron chi connectivity index (χ1n) is 7.58. The molecule has 0 N–H and O–H groups in total. The molecule has 0 unspecified atom stereocenters. The van der Waals surface area contributed by atoms with Crippen LogP contribution in [0.15, 0.2) is 36.4 Å². The van der Waals surface area contributed by atoms with Crippen LogP contribution in [0.5, 0.6) is 5.75 Å².